The van der Waals surface area contributed by atoms with Crippen LogP contribution in [0.3, 0.4) is 0 Å². The second-order valence-electron chi connectivity index (χ2n) is 5.84. The predicted molar refractivity (Wildman–Crippen MR) is 97.8 cm³/mol. The van der Waals surface area contributed by atoms with Crippen molar-refractivity contribution in [3.63, 3.8) is 0 Å². The fraction of sp³-hybridized carbons (Fsp3) is 0.381. The molecular weight excluding hydrogens is 298 g/mol. The fourth-order valence-corrected chi connectivity index (χ4v) is 2.69. The predicted octanol–water partition coefficient (Wildman–Crippen LogP) is 4.44. The summed E-state index contributed by atoms with van der Waals surface area (Å²) < 4.78 is 6.05. The summed E-state index contributed by atoms with van der Waals surface area (Å²) in [5.74, 6) is 0.0582. The second kappa shape index (κ2) is 9.89. The third-order valence-electron chi connectivity index (χ3n) is 4.09. The van der Waals surface area contributed by atoms with Crippen molar-refractivity contribution in [1.29, 1.82) is 0 Å². The minimum Gasteiger partial charge on any atom is -0.359 e. The van der Waals surface area contributed by atoms with Gasteiger partial charge in [-0.2, -0.15) is 0 Å². The molecule has 2 rings (SSSR count). The number of benzene rings is 2. The van der Waals surface area contributed by atoms with E-state index in [0.29, 0.717) is 0 Å². The number of amides is 1. The summed E-state index contributed by atoms with van der Waals surface area (Å²) in [5, 5.41) is 0. The zero-order valence-corrected chi connectivity index (χ0v) is 14.7. The number of unbranched alkanes of at least 4 members (excludes halogenated alkanes) is 1. The standard InChI is InChI=1S/C21H27NO2/c1-3-5-16-22(4-2)20(23)17-24-21(18-12-8-6-9-13-18)19-14-10-7-11-15-19/h6-15,21H,3-5,16-17H2,1-2H3. The van der Waals surface area contributed by atoms with Crippen LogP contribution in [0.25, 0.3) is 0 Å². The molecule has 0 N–H and O–H groups in total. The molecular formula is C21H27NO2. The molecule has 3 heteroatoms. The summed E-state index contributed by atoms with van der Waals surface area (Å²) in [6.07, 6.45) is 1.89. The average molecular weight is 325 g/mol. The van der Waals surface area contributed by atoms with Crippen LogP contribution in [0, 0.1) is 0 Å². The van der Waals surface area contributed by atoms with Crippen molar-refractivity contribution in [3.05, 3.63) is 71.8 Å². The Balaban J connectivity index is 2.08. The normalized spacial score (nSPS) is 10.8. The summed E-state index contributed by atoms with van der Waals surface area (Å²) in [6.45, 7) is 5.78. The van der Waals surface area contributed by atoms with E-state index < -0.39 is 0 Å². The first-order valence-electron chi connectivity index (χ1n) is 8.75. The monoisotopic (exact) mass is 325 g/mol. The van der Waals surface area contributed by atoms with Gasteiger partial charge in [-0.15, -0.1) is 0 Å². The number of carbonyl (C=O) groups is 1. The van der Waals surface area contributed by atoms with E-state index in [1.165, 1.54) is 0 Å². The van der Waals surface area contributed by atoms with Gasteiger partial charge in [0.2, 0.25) is 5.91 Å². The Morgan fingerprint density at radius 2 is 1.50 bits per heavy atom. The van der Waals surface area contributed by atoms with Gasteiger partial charge in [0.1, 0.15) is 12.7 Å². The molecule has 0 heterocycles. The SMILES string of the molecule is CCCCN(CC)C(=O)COC(c1ccccc1)c1ccccc1. The van der Waals surface area contributed by atoms with E-state index in [-0.39, 0.29) is 18.6 Å². The van der Waals surface area contributed by atoms with Gasteiger partial charge >= 0.3 is 0 Å². The molecule has 0 aliphatic carbocycles. The van der Waals surface area contributed by atoms with E-state index in [1.54, 1.807) is 0 Å². The van der Waals surface area contributed by atoms with Crippen molar-refractivity contribution in [3.8, 4) is 0 Å². The van der Waals surface area contributed by atoms with Gasteiger partial charge in [-0.1, -0.05) is 74.0 Å². The molecule has 1 amide bonds. The van der Waals surface area contributed by atoms with Crippen molar-refractivity contribution in [2.45, 2.75) is 32.8 Å². The third kappa shape index (κ3) is 5.20. The third-order valence-corrected chi connectivity index (χ3v) is 4.09. The number of carbonyl (C=O) groups excluding carboxylic acids is 1. The van der Waals surface area contributed by atoms with Crippen LogP contribution >= 0.6 is 0 Å². The second-order valence-corrected chi connectivity index (χ2v) is 5.84. The molecule has 0 aliphatic heterocycles. The van der Waals surface area contributed by atoms with E-state index in [4.69, 9.17) is 4.74 Å². The zero-order chi connectivity index (χ0) is 17.2. The fourth-order valence-electron chi connectivity index (χ4n) is 2.69. The largest absolute Gasteiger partial charge is 0.359 e. The molecule has 2 aromatic rings. The molecule has 0 saturated heterocycles. The van der Waals surface area contributed by atoms with Crippen molar-refractivity contribution in [1.82, 2.24) is 4.90 Å². The first-order chi connectivity index (χ1) is 11.8. The van der Waals surface area contributed by atoms with E-state index >= 15 is 0 Å². The van der Waals surface area contributed by atoms with Gasteiger partial charge in [-0.05, 0) is 24.5 Å². The Morgan fingerprint density at radius 1 is 0.958 bits per heavy atom. The number of hydrogen-bond acceptors (Lipinski definition) is 2. The molecule has 0 unspecified atom stereocenters. The molecule has 0 radical (unpaired) electrons. The van der Waals surface area contributed by atoms with Crippen molar-refractivity contribution in [2.24, 2.45) is 0 Å². The van der Waals surface area contributed by atoms with Crippen LogP contribution in [-0.4, -0.2) is 30.5 Å². The molecule has 0 aliphatic rings. The quantitative estimate of drug-likeness (QED) is 0.682. The summed E-state index contributed by atoms with van der Waals surface area (Å²) in [5.41, 5.74) is 2.13. The first-order valence-corrected chi connectivity index (χ1v) is 8.75. The maximum atomic E-state index is 12.4. The Morgan fingerprint density at radius 3 is 1.96 bits per heavy atom. The van der Waals surface area contributed by atoms with Gasteiger partial charge in [-0.3, -0.25) is 4.79 Å². The maximum absolute atomic E-state index is 12.4. The number of rotatable bonds is 9. The lowest BCUT2D eigenvalue weighted by Gasteiger charge is -2.23. The molecule has 3 nitrogen and oxygen atoms in total. The summed E-state index contributed by atoms with van der Waals surface area (Å²) in [4.78, 5) is 14.3. The minimum atomic E-state index is -0.221. The molecule has 0 bridgehead atoms. The molecule has 0 fully saturated rings. The highest BCUT2D eigenvalue weighted by atomic mass is 16.5. The topological polar surface area (TPSA) is 29.5 Å². The lowest BCUT2D eigenvalue weighted by molar-refractivity contribution is -0.137. The number of likely N-dealkylation sites (N-methyl/N-ethyl adjacent to an activating group) is 1. The van der Waals surface area contributed by atoms with Gasteiger partial charge in [0, 0.05) is 13.1 Å². The van der Waals surface area contributed by atoms with E-state index in [2.05, 4.69) is 6.92 Å². The molecule has 128 valence electrons. The summed E-state index contributed by atoms with van der Waals surface area (Å²) in [7, 11) is 0. The Hall–Kier alpha value is -2.13. The van der Waals surface area contributed by atoms with Crippen LogP contribution < -0.4 is 0 Å². The molecule has 0 atom stereocenters. The Kier molecular flexibility index (Phi) is 7.50. The Bertz CT molecular complexity index is 558. The van der Waals surface area contributed by atoms with Crippen molar-refractivity contribution in [2.75, 3.05) is 19.7 Å². The lowest BCUT2D eigenvalue weighted by atomic mass is 10.0. The van der Waals surface area contributed by atoms with Gasteiger partial charge in [0.05, 0.1) is 0 Å². The van der Waals surface area contributed by atoms with Gasteiger partial charge in [0.15, 0.2) is 0 Å². The zero-order valence-electron chi connectivity index (χ0n) is 14.7. The number of hydrogen-bond donors (Lipinski definition) is 0. The molecule has 0 saturated carbocycles. The average Bonchev–Trinajstić information content (AvgIpc) is 2.64. The molecule has 0 spiro atoms. The van der Waals surface area contributed by atoms with Crippen LogP contribution in [0.5, 0.6) is 0 Å². The number of ether oxygens (including phenoxy) is 1. The van der Waals surface area contributed by atoms with Crippen LogP contribution in [0.15, 0.2) is 60.7 Å². The van der Waals surface area contributed by atoms with E-state index in [0.717, 1.165) is 37.1 Å². The summed E-state index contributed by atoms with van der Waals surface area (Å²) >= 11 is 0. The van der Waals surface area contributed by atoms with Crippen LogP contribution in [-0.2, 0) is 9.53 Å². The van der Waals surface area contributed by atoms with Gasteiger partial charge in [0.25, 0.3) is 0 Å². The smallest absolute Gasteiger partial charge is 0.248 e. The van der Waals surface area contributed by atoms with Crippen molar-refractivity contribution >= 4 is 5.91 Å². The van der Waals surface area contributed by atoms with Gasteiger partial charge in [-0.25, -0.2) is 0 Å². The molecule has 0 aromatic heterocycles. The Labute approximate surface area is 145 Å². The highest BCUT2D eigenvalue weighted by molar-refractivity contribution is 5.77. The molecule has 24 heavy (non-hydrogen) atoms. The maximum Gasteiger partial charge on any atom is 0.248 e. The first kappa shape index (κ1) is 18.2. The van der Waals surface area contributed by atoms with Crippen LogP contribution in [0.1, 0.15) is 43.9 Å². The molecule has 2 aromatic carbocycles. The van der Waals surface area contributed by atoms with Crippen molar-refractivity contribution < 1.29 is 9.53 Å². The highest BCUT2D eigenvalue weighted by Crippen LogP contribution is 2.25. The summed E-state index contributed by atoms with van der Waals surface area (Å²) in [6, 6.07) is 20.1. The number of nitrogens with zero attached hydrogens (tertiary/aromatic N) is 1. The van der Waals surface area contributed by atoms with E-state index in [9.17, 15) is 4.79 Å². The van der Waals surface area contributed by atoms with Crippen LogP contribution in [0.2, 0.25) is 0 Å². The van der Waals surface area contributed by atoms with E-state index in [1.807, 2.05) is 72.5 Å². The van der Waals surface area contributed by atoms with Gasteiger partial charge < -0.3 is 9.64 Å². The minimum absolute atomic E-state index is 0.0582. The highest BCUT2D eigenvalue weighted by Gasteiger charge is 2.18. The van der Waals surface area contributed by atoms with Crippen LogP contribution in [0.4, 0.5) is 0 Å². The lowest BCUT2D eigenvalue weighted by Crippen LogP contribution is -2.35.